The van der Waals surface area contributed by atoms with E-state index >= 15 is 0 Å². The van der Waals surface area contributed by atoms with E-state index < -0.39 is 23.5 Å². The van der Waals surface area contributed by atoms with Gasteiger partial charge in [0, 0.05) is 6.61 Å². The maximum absolute atomic E-state index is 13.9. The highest BCUT2D eigenvalue weighted by atomic mass is 19.2. The molecule has 0 bridgehead atoms. The van der Waals surface area contributed by atoms with Gasteiger partial charge in [0.25, 0.3) is 0 Å². The number of halogens is 3. The van der Waals surface area contributed by atoms with Gasteiger partial charge in [0.05, 0.1) is 12.0 Å². The number of imidazole rings is 1. The molecule has 1 saturated heterocycles. The number of fused-ring (bicyclic) bond motifs is 1. The van der Waals surface area contributed by atoms with Crippen LogP contribution in [0.5, 0.6) is 6.01 Å². The summed E-state index contributed by atoms with van der Waals surface area (Å²) in [6.07, 6.45) is 3.91. The van der Waals surface area contributed by atoms with Gasteiger partial charge in [0.1, 0.15) is 6.23 Å². The Labute approximate surface area is 145 Å². The van der Waals surface area contributed by atoms with Crippen LogP contribution in [0.1, 0.15) is 25.5 Å². The van der Waals surface area contributed by atoms with Gasteiger partial charge in [-0.3, -0.25) is 4.57 Å². The van der Waals surface area contributed by atoms with Gasteiger partial charge in [-0.25, -0.2) is 18.2 Å². The fourth-order valence-electron chi connectivity index (χ4n) is 2.90. The number of hydrogen-bond donors (Lipinski definition) is 2. The van der Waals surface area contributed by atoms with Gasteiger partial charge >= 0.3 is 6.01 Å². The number of nitrogens with one attached hydrogen (secondary N) is 1. The third-order valence-corrected chi connectivity index (χ3v) is 4.16. The first-order chi connectivity index (χ1) is 12.5. The molecule has 3 aromatic rings. The minimum absolute atomic E-state index is 0.0352. The summed E-state index contributed by atoms with van der Waals surface area (Å²) in [4.78, 5) is 11.9. The zero-order valence-corrected chi connectivity index (χ0v) is 13.4. The first-order valence-electron chi connectivity index (χ1n) is 8.00. The molecule has 1 fully saturated rings. The van der Waals surface area contributed by atoms with Crippen molar-refractivity contribution < 1.29 is 23.0 Å². The van der Waals surface area contributed by atoms with Crippen LogP contribution >= 0.6 is 0 Å². The van der Waals surface area contributed by atoms with Crippen molar-refractivity contribution >= 4 is 22.7 Å². The third-order valence-electron chi connectivity index (χ3n) is 4.16. The van der Waals surface area contributed by atoms with Crippen LogP contribution in [0.2, 0.25) is 0 Å². The SMILES string of the molecule is Oc1nc(Nc2ccc(F)c(F)c2F)c2ncn(C3CCCCO3)c2n1. The van der Waals surface area contributed by atoms with Crippen molar-refractivity contribution in [3.63, 3.8) is 0 Å². The summed E-state index contributed by atoms with van der Waals surface area (Å²) in [7, 11) is 0. The predicted molar refractivity (Wildman–Crippen MR) is 85.4 cm³/mol. The standard InChI is InChI=1S/C16H14F3N5O2/c17-8-4-5-9(12(19)11(8)18)21-14-13-15(23-16(25)22-14)24(7-20-13)10-3-1-2-6-26-10/h4-5,7,10H,1-3,6H2,(H2,21,22,23,25). The van der Waals surface area contributed by atoms with E-state index in [1.54, 1.807) is 4.57 Å². The molecule has 136 valence electrons. The maximum atomic E-state index is 13.9. The molecular formula is C16H14F3N5O2. The summed E-state index contributed by atoms with van der Waals surface area (Å²) < 4.78 is 47.8. The number of aromatic hydroxyl groups is 1. The van der Waals surface area contributed by atoms with E-state index in [-0.39, 0.29) is 28.9 Å². The molecule has 1 atom stereocenters. The average molecular weight is 365 g/mol. The lowest BCUT2D eigenvalue weighted by Crippen LogP contribution is -2.17. The van der Waals surface area contributed by atoms with Crippen LogP contribution in [0, 0.1) is 17.5 Å². The van der Waals surface area contributed by atoms with Crippen molar-refractivity contribution in [3.8, 4) is 6.01 Å². The number of aromatic nitrogens is 4. The van der Waals surface area contributed by atoms with Crippen molar-refractivity contribution in [1.82, 2.24) is 19.5 Å². The Bertz CT molecular complexity index is 972. The van der Waals surface area contributed by atoms with Crippen LogP contribution in [0.15, 0.2) is 18.5 Å². The van der Waals surface area contributed by atoms with Crippen LogP contribution in [-0.2, 0) is 4.74 Å². The zero-order chi connectivity index (χ0) is 18.3. The van der Waals surface area contributed by atoms with Crippen LogP contribution in [0.25, 0.3) is 11.2 Å². The van der Waals surface area contributed by atoms with E-state index in [1.807, 2.05) is 0 Å². The summed E-state index contributed by atoms with van der Waals surface area (Å²) in [6.45, 7) is 0.604. The topological polar surface area (TPSA) is 85.1 Å². The van der Waals surface area contributed by atoms with Gasteiger partial charge < -0.3 is 15.2 Å². The van der Waals surface area contributed by atoms with E-state index in [0.717, 1.165) is 31.4 Å². The fourth-order valence-corrected chi connectivity index (χ4v) is 2.90. The van der Waals surface area contributed by atoms with Gasteiger partial charge in [-0.15, -0.1) is 0 Å². The molecule has 0 saturated carbocycles. The Kier molecular flexibility index (Phi) is 4.11. The average Bonchev–Trinajstić information content (AvgIpc) is 3.07. The Morgan fingerprint density at radius 2 is 2.00 bits per heavy atom. The van der Waals surface area contributed by atoms with Crippen molar-refractivity contribution in [2.45, 2.75) is 25.5 Å². The number of ether oxygens (including phenoxy) is 1. The van der Waals surface area contributed by atoms with Crippen LogP contribution < -0.4 is 5.32 Å². The molecule has 0 aliphatic carbocycles. The minimum Gasteiger partial charge on any atom is -0.479 e. The first-order valence-corrected chi connectivity index (χ1v) is 8.00. The fraction of sp³-hybridized carbons (Fsp3) is 0.312. The molecule has 1 aromatic carbocycles. The monoisotopic (exact) mass is 365 g/mol. The predicted octanol–water partition coefficient (Wildman–Crippen LogP) is 3.39. The van der Waals surface area contributed by atoms with Crippen molar-refractivity contribution in [1.29, 1.82) is 0 Å². The van der Waals surface area contributed by atoms with Crippen LogP contribution in [0.4, 0.5) is 24.7 Å². The smallest absolute Gasteiger partial charge is 0.318 e. The lowest BCUT2D eigenvalue weighted by molar-refractivity contribution is -0.0298. The molecule has 0 radical (unpaired) electrons. The Morgan fingerprint density at radius 1 is 1.15 bits per heavy atom. The van der Waals surface area contributed by atoms with Gasteiger partial charge in [-0.05, 0) is 31.4 Å². The zero-order valence-electron chi connectivity index (χ0n) is 13.4. The van der Waals surface area contributed by atoms with E-state index in [4.69, 9.17) is 4.74 Å². The molecule has 2 aromatic heterocycles. The molecular weight excluding hydrogens is 351 g/mol. The molecule has 2 N–H and O–H groups in total. The molecule has 0 amide bonds. The summed E-state index contributed by atoms with van der Waals surface area (Å²) in [6, 6.07) is 1.24. The number of anilines is 2. The van der Waals surface area contributed by atoms with E-state index in [9.17, 15) is 18.3 Å². The molecule has 7 nitrogen and oxygen atoms in total. The van der Waals surface area contributed by atoms with E-state index in [1.165, 1.54) is 6.33 Å². The summed E-state index contributed by atoms with van der Waals surface area (Å²) in [5.41, 5.74) is 0.183. The molecule has 3 heterocycles. The van der Waals surface area contributed by atoms with Gasteiger partial charge in [-0.1, -0.05) is 0 Å². The van der Waals surface area contributed by atoms with E-state index in [2.05, 4.69) is 20.3 Å². The normalized spacial score (nSPS) is 17.6. The van der Waals surface area contributed by atoms with Gasteiger partial charge in [0.15, 0.2) is 34.4 Å². The third kappa shape index (κ3) is 2.81. The van der Waals surface area contributed by atoms with Crippen LogP contribution in [0.3, 0.4) is 0 Å². The highest BCUT2D eigenvalue weighted by Crippen LogP contribution is 2.31. The van der Waals surface area contributed by atoms with Crippen molar-refractivity contribution in [3.05, 3.63) is 35.9 Å². The van der Waals surface area contributed by atoms with Crippen LogP contribution in [-0.4, -0.2) is 31.2 Å². The first kappa shape index (κ1) is 16.6. The Morgan fingerprint density at radius 3 is 2.77 bits per heavy atom. The molecule has 1 aliphatic heterocycles. The number of nitrogens with zero attached hydrogens (tertiary/aromatic N) is 4. The van der Waals surface area contributed by atoms with E-state index in [0.29, 0.717) is 6.61 Å². The second-order valence-corrected chi connectivity index (χ2v) is 5.87. The van der Waals surface area contributed by atoms with Gasteiger partial charge in [-0.2, -0.15) is 9.97 Å². The number of benzene rings is 1. The molecule has 10 heteroatoms. The van der Waals surface area contributed by atoms with Crippen molar-refractivity contribution in [2.24, 2.45) is 0 Å². The number of rotatable bonds is 3. The second kappa shape index (κ2) is 6.45. The Hall–Kier alpha value is -2.88. The highest BCUT2D eigenvalue weighted by molar-refractivity contribution is 5.85. The summed E-state index contributed by atoms with van der Waals surface area (Å²) in [5, 5.41) is 12.4. The maximum Gasteiger partial charge on any atom is 0.318 e. The molecule has 0 spiro atoms. The summed E-state index contributed by atoms with van der Waals surface area (Å²) in [5.74, 6) is -4.34. The minimum atomic E-state index is -1.61. The lowest BCUT2D eigenvalue weighted by atomic mass is 10.2. The second-order valence-electron chi connectivity index (χ2n) is 5.87. The van der Waals surface area contributed by atoms with Crippen molar-refractivity contribution in [2.75, 3.05) is 11.9 Å². The largest absolute Gasteiger partial charge is 0.479 e. The molecule has 1 aliphatic rings. The van der Waals surface area contributed by atoms with Gasteiger partial charge in [0.2, 0.25) is 0 Å². The molecule has 1 unspecified atom stereocenters. The molecule has 4 rings (SSSR count). The number of hydrogen-bond acceptors (Lipinski definition) is 6. The lowest BCUT2D eigenvalue weighted by Gasteiger charge is -2.23. The highest BCUT2D eigenvalue weighted by Gasteiger charge is 2.22. The summed E-state index contributed by atoms with van der Waals surface area (Å²) >= 11 is 0. The quantitative estimate of drug-likeness (QED) is 0.692. The molecule has 26 heavy (non-hydrogen) atoms. The Balaban J connectivity index is 1.76.